The molecule has 39 heavy (non-hydrogen) atoms. The Morgan fingerprint density at radius 3 is 1.56 bits per heavy atom. The van der Waals surface area contributed by atoms with Gasteiger partial charge in [0.15, 0.2) is 6.10 Å². The minimum absolute atomic E-state index is 0.0548. The van der Waals surface area contributed by atoms with Gasteiger partial charge in [-0.1, -0.05) is 122 Å². The topological polar surface area (TPSA) is 134 Å². The van der Waals surface area contributed by atoms with E-state index in [1.54, 1.807) is 0 Å². The highest BCUT2D eigenvalue weighted by molar-refractivity contribution is 7.47. The van der Waals surface area contributed by atoms with Gasteiger partial charge in [0.2, 0.25) is 0 Å². The lowest BCUT2D eigenvalue weighted by atomic mass is 10.0. The van der Waals surface area contributed by atoms with E-state index in [0.717, 1.165) is 12.8 Å². The highest BCUT2D eigenvalue weighted by atomic mass is 31.2. The molecule has 3 N–H and O–H groups in total. The first kappa shape index (κ1) is 38.0. The van der Waals surface area contributed by atoms with Crippen LogP contribution in [-0.4, -0.2) is 49.3 Å². The van der Waals surface area contributed by atoms with Crippen LogP contribution in [0.5, 0.6) is 0 Å². The standard InChI is InChI=1S/C29H58NO8P/c1-3-4-5-6-7-8-9-10-11-12-13-14-15-16-17-18-19-20-21-22-29(32)38-28(25-35-27(2)31)26-37-39(33,34)36-24-23-30/h28H,3-26,30H2,1-2H3,(H,33,34). The van der Waals surface area contributed by atoms with Gasteiger partial charge in [-0.15, -0.1) is 0 Å². The summed E-state index contributed by atoms with van der Waals surface area (Å²) in [5.41, 5.74) is 5.24. The van der Waals surface area contributed by atoms with Crippen LogP contribution in [0.3, 0.4) is 0 Å². The maximum absolute atomic E-state index is 12.2. The van der Waals surface area contributed by atoms with E-state index in [0.29, 0.717) is 6.42 Å². The van der Waals surface area contributed by atoms with Crippen molar-refractivity contribution in [1.82, 2.24) is 0 Å². The molecule has 0 saturated heterocycles. The molecule has 0 aliphatic carbocycles. The van der Waals surface area contributed by atoms with E-state index in [1.165, 1.54) is 110 Å². The van der Waals surface area contributed by atoms with E-state index in [4.69, 9.17) is 19.7 Å². The fourth-order valence-corrected chi connectivity index (χ4v) is 5.07. The number of carbonyl (C=O) groups is 2. The molecule has 10 heteroatoms. The number of phosphoric ester groups is 1. The molecule has 0 aromatic rings. The Morgan fingerprint density at radius 1 is 0.718 bits per heavy atom. The zero-order valence-corrected chi connectivity index (χ0v) is 25.8. The number of nitrogens with two attached hydrogens (primary N) is 1. The van der Waals surface area contributed by atoms with Crippen LogP contribution in [0.2, 0.25) is 0 Å². The van der Waals surface area contributed by atoms with Crippen molar-refractivity contribution in [1.29, 1.82) is 0 Å². The molecule has 0 aromatic heterocycles. The predicted molar refractivity (Wildman–Crippen MR) is 155 cm³/mol. The summed E-state index contributed by atoms with van der Waals surface area (Å²) in [6, 6.07) is 0. The summed E-state index contributed by atoms with van der Waals surface area (Å²) in [5.74, 6) is -1.01. The van der Waals surface area contributed by atoms with Crippen LogP contribution in [0.4, 0.5) is 0 Å². The largest absolute Gasteiger partial charge is 0.472 e. The number of esters is 2. The van der Waals surface area contributed by atoms with E-state index < -0.39 is 32.5 Å². The van der Waals surface area contributed by atoms with E-state index in [2.05, 4.69) is 11.4 Å². The molecule has 0 aliphatic heterocycles. The van der Waals surface area contributed by atoms with Crippen LogP contribution in [-0.2, 0) is 32.7 Å². The molecular weight excluding hydrogens is 521 g/mol. The SMILES string of the molecule is CCCCCCCCCCCCCCCCCCCCCC(=O)OC(COC(C)=O)COP(=O)(O)OCCN. The molecule has 0 bridgehead atoms. The second-order valence-electron chi connectivity index (χ2n) is 10.4. The molecule has 0 spiro atoms. The summed E-state index contributed by atoms with van der Waals surface area (Å²) in [6.45, 7) is 2.69. The van der Waals surface area contributed by atoms with Gasteiger partial charge in [0, 0.05) is 19.9 Å². The summed E-state index contributed by atoms with van der Waals surface area (Å²) in [7, 11) is -4.32. The Bertz CT molecular complexity index is 634. The molecule has 0 saturated carbocycles. The number of hydrogen-bond donors (Lipinski definition) is 2. The minimum Gasteiger partial charge on any atom is -0.462 e. The normalized spacial score (nSPS) is 13.6. The van der Waals surface area contributed by atoms with Gasteiger partial charge in [-0.05, 0) is 6.42 Å². The number of ether oxygens (including phenoxy) is 2. The van der Waals surface area contributed by atoms with E-state index in [9.17, 15) is 19.0 Å². The van der Waals surface area contributed by atoms with Gasteiger partial charge in [-0.3, -0.25) is 18.6 Å². The van der Waals surface area contributed by atoms with Gasteiger partial charge in [0.05, 0.1) is 13.2 Å². The Balaban J connectivity index is 3.71. The maximum Gasteiger partial charge on any atom is 0.472 e. The molecule has 2 unspecified atom stereocenters. The van der Waals surface area contributed by atoms with Crippen molar-refractivity contribution < 1.29 is 37.6 Å². The Kier molecular flexibility index (Phi) is 26.5. The van der Waals surface area contributed by atoms with Gasteiger partial charge in [-0.25, -0.2) is 4.57 Å². The Hall–Kier alpha value is -0.990. The van der Waals surface area contributed by atoms with Gasteiger partial charge in [-0.2, -0.15) is 0 Å². The average molecular weight is 580 g/mol. The fraction of sp³-hybridized carbons (Fsp3) is 0.931. The minimum atomic E-state index is -4.32. The van der Waals surface area contributed by atoms with Crippen molar-refractivity contribution in [3.8, 4) is 0 Å². The van der Waals surface area contributed by atoms with Crippen molar-refractivity contribution in [3.05, 3.63) is 0 Å². The predicted octanol–water partition coefficient (Wildman–Crippen LogP) is 7.38. The van der Waals surface area contributed by atoms with Crippen molar-refractivity contribution in [2.45, 2.75) is 148 Å². The molecule has 2 atom stereocenters. The highest BCUT2D eigenvalue weighted by Crippen LogP contribution is 2.43. The molecule has 232 valence electrons. The molecule has 0 amide bonds. The van der Waals surface area contributed by atoms with Crippen LogP contribution >= 0.6 is 7.82 Å². The van der Waals surface area contributed by atoms with Gasteiger partial charge < -0.3 is 20.1 Å². The summed E-state index contributed by atoms with van der Waals surface area (Å²) < 4.78 is 31.4. The first-order chi connectivity index (χ1) is 18.8. The van der Waals surface area contributed by atoms with Crippen LogP contribution in [0.1, 0.15) is 142 Å². The maximum atomic E-state index is 12.2. The van der Waals surface area contributed by atoms with E-state index in [-0.39, 0.29) is 26.2 Å². The number of phosphoric acid groups is 1. The first-order valence-corrected chi connectivity index (χ1v) is 16.9. The third kappa shape index (κ3) is 28.3. The first-order valence-electron chi connectivity index (χ1n) is 15.5. The smallest absolute Gasteiger partial charge is 0.462 e. The van der Waals surface area contributed by atoms with Crippen molar-refractivity contribution in [2.24, 2.45) is 5.73 Å². The van der Waals surface area contributed by atoms with Gasteiger partial charge in [0.1, 0.15) is 6.61 Å². The number of carbonyl (C=O) groups excluding carboxylic acids is 2. The third-order valence-corrected chi connectivity index (χ3v) is 7.54. The zero-order valence-electron chi connectivity index (χ0n) is 24.9. The quantitative estimate of drug-likeness (QED) is 0.0529. The van der Waals surface area contributed by atoms with Crippen molar-refractivity contribution >= 4 is 19.8 Å². The molecule has 0 radical (unpaired) electrons. The average Bonchev–Trinajstić information content (AvgIpc) is 2.90. The van der Waals surface area contributed by atoms with E-state index in [1.807, 2.05) is 0 Å². The molecular formula is C29H58NO8P. The zero-order chi connectivity index (χ0) is 29.0. The van der Waals surface area contributed by atoms with Gasteiger partial charge in [0.25, 0.3) is 0 Å². The number of rotatable bonds is 29. The summed E-state index contributed by atoms with van der Waals surface area (Å²) >= 11 is 0. The van der Waals surface area contributed by atoms with Gasteiger partial charge >= 0.3 is 19.8 Å². The second-order valence-corrected chi connectivity index (χ2v) is 11.9. The molecule has 0 fully saturated rings. The lowest BCUT2D eigenvalue weighted by molar-refractivity contribution is -0.160. The lowest BCUT2D eigenvalue weighted by Gasteiger charge is -2.19. The van der Waals surface area contributed by atoms with Crippen LogP contribution < -0.4 is 5.73 Å². The van der Waals surface area contributed by atoms with Crippen molar-refractivity contribution in [2.75, 3.05) is 26.4 Å². The molecule has 0 rings (SSSR count). The molecule has 0 aliphatic rings. The summed E-state index contributed by atoms with van der Waals surface area (Å²) in [6.07, 6.45) is 23.6. The van der Waals surface area contributed by atoms with Crippen molar-refractivity contribution in [3.63, 3.8) is 0 Å². The summed E-state index contributed by atoms with van der Waals surface area (Å²) in [4.78, 5) is 32.9. The Morgan fingerprint density at radius 2 is 1.15 bits per heavy atom. The Labute approximate surface area is 237 Å². The van der Waals surface area contributed by atoms with Crippen LogP contribution in [0.15, 0.2) is 0 Å². The molecule has 0 heterocycles. The van der Waals surface area contributed by atoms with Crippen LogP contribution in [0.25, 0.3) is 0 Å². The second kappa shape index (κ2) is 27.2. The van der Waals surface area contributed by atoms with Crippen LogP contribution in [0, 0.1) is 0 Å². The molecule has 0 aromatic carbocycles. The molecule has 9 nitrogen and oxygen atoms in total. The summed E-state index contributed by atoms with van der Waals surface area (Å²) in [5, 5.41) is 0. The fourth-order valence-electron chi connectivity index (χ4n) is 4.30. The third-order valence-electron chi connectivity index (χ3n) is 6.55. The monoisotopic (exact) mass is 579 g/mol. The number of hydrogen-bond acceptors (Lipinski definition) is 8. The lowest BCUT2D eigenvalue weighted by Crippen LogP contribution is -2.29. The number of unbranched alkanes of at least 4 members (excludes halogenated alkanes) is 18. The highest BCUT2D eigenvalue weighted by Gasteiger charge is 2.25. The van der Waals surface area contributed by atoms with E-state index >= 15 is 0 Å².